The predicted octanol–water partition coefficient (Wildman–Crippen LogP) is 3.08. The Bertz CT molecular complexity index is 1540. The van der Waals surface area contributed by atoms with Gasteiger partial charge in [0.1, 0.15) is 6.04 Å². The number of carbonyl (C=O) groups is 1. The Labute approximate surface area is 237 Å². The molecule has 1 aliphatic rings. The summed E-state index contributed by atoms with van der Waals surface area (Å²) in [6.45, 7) is 7.52. The molecule has 1 aliphatic heterocycles. The minimum absolute atomic E-state index is 0.131. The number of sulfonamides is 2. The number of anilines is 1. The molecule has 1 amide bonds. The number of likely N-dealkylation sites (N-methyl/N-ethyl adjacent to an activating group) is 1. The van der Waals surface area contributed by atoms with Crippen LogP contribution in [0.1, 0.15) is 22.3 Å². The van der Waals surface area contributed by atoms with E-state index < -0.39 is 32.0 Å². The van der Waals surface area contributed by atoms with Gasteiger partial charge in [-0.3, -0.25) is 4.79 Å². The normalized spacial score (nSPS) is 16.0. The summed E-state index contributed by atoms with van der Waals surface area (Å²) in [6.07, 6.45) is 0.131. The van der Waals surface area contributed by atoms with Crippen LogP contribution in [-0.4, -0.2) is 71.2 Å². The van der Waals surface area contributed by atoms with E-state index in [1.807, 2.05) is 44.3 Å². The lowest BCUT2D eigenvalue weighted by Crippen LogP contribution is -2.47. The minimum atomic E-state index is -4.04. The minimum Gasteiger partial charge on any atom is -0.325 e. The number of hydrogen-bond acceptors (Lipinski definition) is 6. The third-order valence-electron chi connectivity index (χ3n) is 6.99. The molecule has 0 bridgehead atoms. The molecule has 1 fully saturated rings. The zero-order valence-electron chi connectivity index (χ0n) is 23.2. The molecule has 3 aromatic carbocycles. The molecular formula is C29H36N4O5S2. The molecule has 0 aromatic heterocycles. The maximum atomic E-state index is 13.5. The summed E-state index contributed by atoms with van der Waals surface area (Å²) in [7, 11) is -5.73. The highest BCUT2D eigenvalue weighted by Gasteiger charge is 2.30. The molecule has 1 atom stereocenters. The maximum Gasteiger partial charge on any atom is 0.243 e. The van der Waals surface area contributed by atoms with Gasteiger partial charge in [-0.2, -0.15) is 9.03 Å². The molecule has 1 saturated heterocycles. The van der Waals surface area contributed by atoms with Crippen LogP contribution in [0.15, 0.2) is 76.5 Å². The van der Waals surface area contributed by atoms with E-state index in [9.17, 15) is 21.6 Å². The Morgan fingerprint density at radius 1 is 0.850 bits per heavy atom. The zero-order chi connectivity index (χ0) is 29.1. The van der Waals surface area contributed by atoms with Crippen molar-refractivity contribution in [3.05, 3.63) is 89.0 Å². The first-order valence-electron chi connectivity index (χ1n) is 13.1. The number of nitrogens with zero attached hydrogens (tertiary/aromatic N) is 2. The van der Waals surface area contributed by atoms with Crippen LogP contribution in [0, 0.1) is 20.8 Å². The number of rotatable bonds is 9. The lowest BCUT2D eigenvalue weighted by Gasteiger charge is -2.31. The summed E-state index contributed by atoms with van der Waals surface area (Å²) in [4.78, 5) is 15.8. The fourth-order valence-corrected chi connectivity index (χ4v) is 8.06. The van der Waals surface area contributed by atoms with Crippen LogP contribution in [0.2, 0.25) is 0 Å². The summed E-state index contributed by atoms with van der Waals surface area (Å²) in [5.74, 6) is -0.551. The molecule has 11 heteroatoms. The second kappa shape index (κ2) is 12.2. The van der Waals surface area contributed by atoms with Crippen LogP contribution in [0.4, 0.5) is 5.69 Å². The lowest BCUT2D eigenvalue weighted by molar-refractivity contribution is -0.117. The first-order valence-corrected chi connectivity index (χ1v) is 16.0. The van der Waals surface area contributed by atoms with Crippen molar-refractivity contribution in [3.63, 3.8) is 0 Å². The Kier molecular flexibility index (Phi) is 9.11. The van der Waals surface area contributed by atoms with E-state index in [2.05, 4.69) is 14.9 Å². The van der Waals surface area contributed by atoms with Crippen LogP contribution >= 0.6 is 0 Å². The molecule has 0 radical (unpaired) electrons. The zero-order valence-corrected chi connectivity index (χ0v) is 24.8. The Balaban J connectivity index is 1.55. The van der Waals surface area contributed by atoms with Crippen LogP contribution in [-0.2, 0) is 31.3 Å². The average molecular weight is 585 g/mol. The molecule has 3 aromatic rings. The highest BCUT2D eigenvalue weighted by molar-refractivity contribution is 7.89. The van der Waals surface area contributed by atoms with Crippen LogP contribution < -0.4 is 10.0 Å². The number of aryl methyl sites for hydroxylation is 3. The van der Waals surface area contributed by atoms with Crippen LogP contribution in [0.3, 0.4) is 0 Å². The van der Waals surface area contributed by atoms with Crippen molar-refractivity contribution in [3.8, 4) is 0 Å². The van der Waals surface area contributed by atoms with Gasteiger partial charge in [0.2, 0.25) is 26.0 Å². The second-order valence-electron chi connectivity index (χ2n) is 10.3. The first-order chi connectivity index (χ1) is 18.9. The Morgan fingerprint density at radius 2 is 1.43 bits per heavy atom. The van der Waals surface area contributed by atoms with E-state index in [0.717, 1.165) is 11.1 Å². The highest BCUT2D eigenvalue weighted by Crippen LogP contribution is 2.23. The highest BCUT2D eigenvalue weighted by atomic mass is 32.2. The van der Waals surface area contributed by atoms with Gasteiger partial charge >= 0.3 is 0 Å². The van der Waals surface area contributed by atoms with Crippen molar-refractivity contribution in [1.82, 2.24) is 13.9 Å². The van der Waals surface area contributed by atoms with E-state index in [4.69, 9.17) is 0 Å². The molecule has 2 N–H and O–H groups in total. The van der Waals surface area contributed by atoms with Crippen LogP contribution in [0.25, 0.3) is 0 Å². The summed E-state index contributed by atoms with van der Waals surface area (Å²) in [5.41, 5.74) is 3.30. The molecule has 9 nitrogen and oxygen atoms in total. The van der Waals surface area contributed by atoms with Crippen LogP contribution in [0.5, 0.6) is 0 Å². The predicted molar refractivity (Wildman–Crippen MR) is 156 cm³/mol. The van der Waals surface area contributed by atoms with Crippen molar-refractivity contribution in [2.75, 3.05) is 38.5 Å². The molecule has 40 heavy (non-hydrogen) atoms. The topological polar surface area (TPSA) is 116 Å². The number of hydrogen-bond donors (Lipinski definition) is 2. The molecule has 0 spiro atoms. The maximum absolute atomic E-state index is 13.5. The first kappa shape index (κ1) is 29.9. The van der Waals surface area contributed by atoms with Crippen molar-refractivity contribution in [2.45, 2.75) is 43.0 Å². The third kappa shape index (κ3) is 6.97. The third-order valence-corrected chi connectivity index (χ3v) is 10.7. The SMILES string of the molecule is Cc1cc(C)c(S(=O)(=O)N[C@H](Cc2ccccc2)C(=O)Nc2ccc(S(=O)(=O)N3CCN(C)CC3)cc2)c(C)c1. The summed E-state index contributed by atoms with van der Waals surface area (Å²) in [6, 6.07) is 17.6. The molecular weight excluding hydrogens is 548 g/mol. The van der Waals surface area contributed by atoms with Gasteiger partial charge in [-0.15, -0.1) is 0 Å². The van der Waals surface area contributed by atoms with Gasteiger partial charge in [0.15, 0.2) is 0 Å². The quantitative estimate of drug-likeness (QED) is 0.400. The van der Waals surface area contributed by atoms with E-state index >= 15 is 0 Å². The summed E-state index contributed by atoms with van der Waals surface area (Å²) in [5, 5.41) is 2.76. The Morgan fingerprint density at radius 3 is 2.00 bits per heavy atom. The smallest absolute Gasteiger partial charge is 0.243 e. The number of nitrogens with one attached hydrogen (secondary N) is 2. The largest absolute Gasteiger partial charge is 0.325 e. The molecule has 0 aliphatic carbocycles. The van der Waals surface area contributed by atoms with Crippen molar-refractivity contribution in [1.29, 1.82) is 0 Å². The number of piperazine rings is 1. The number of amides is 1. The molecule has 0 unspecified atom stereocenters. The average Bonchev–Trinajstić information content (AvgIpc) is 2.88. The second-order valence-corrected chi connectivity index (χ2v) is 13.9. The van der Waals surface area contributed by atoms with Crippen molar-refractivity contribution in [2.24, 2.45) is 0 Å². The van der Waals surface area contributed by atoms with Gasteiger partial charge in [-0.1, -0.05) is 48.0 Å². The van der Waals surface area contributed by atoms with E-state index in [-0.39, 0.29) is 16.2 Å². The van der Waals surface area contributed by atoms with E-state index in [1.54, 1.807) is 26.0 Å². The fraction of sp³-hybridized carbons (Fsp3) is 0.345. The van der Waals surface area contributed by atoms with Crippen molar-refractivity contribution < 1.29 is 21.6 Å². The Hall–Kier alpha value is -3.09. The fourth-order valence-electron chi connectivity index (χ4n) is 4.99. The van der Waals surface area contributed by atoms with Crippen molar-refractivity contribution >= 4 is 31.6 Å². The van der Waals surface area contributed by atoms with Gasteiger partial charge in [0, 0.05) is 31.9 Å². The standard InChI is InChI=1S/C29H36N4O5S2/c1-21-18-22(2)28(23(3)19-21)39(35,36)31-27(20-24-8-6-5-7-9-24)29(34)30-25-10-12-26(13-11-25)40(37,38)33-16-14-32(4)15-17-33/h5-13,18-19,27,31H,14-17,20H2,1-4H3,(H,30,34)/t27-/m1/s1. The molecule has 214 valence electrons. The summed E-state index contributed by atoms with van der Waals surface area (Å²) < 4.78 is 57.2. The van der Waals surface area contributed by atoms with Gasteiger partial charge in [-0.25, -0.2) is 16.8 Å². The monoisotopic (exact) mass is 584 g/mol. The van der Waals surface area contributed by atoms with E-state index in [0.29, 0.717) is 43.0 Å². The molecule has 4 rings (SSSR count). The summed E-state index contributed by atoms with van der Waals surface area (Å²) >= 11 is 0. The van der Waals surface area contributed by atoms with Gasteiger partial charge < -0.3 is 10.2 Å². The van der Waals surface area contributed by atoms with Gasteiger partial charge in [-0.05, 0) is 75.2 Å². The van der Waals surface area contributed by atoms with Gasteiger partial charge in [0.25, 0.3) is 0 Å². The number of benzene rings is 3. The molecule has 0 saturated carbocycles. The van der Waals surface area contributed by atoms with Gasteiger partial charge in [0.05, 0.1) is 9.79 Å². The molecule has 1 heterocycles. The number of carbonyl (C=O) groups excluding carboxylic acids is 1. The lowest BCUT2D eigenvalue weighted by atomic mass is 10.1. The van der Waals surface area contributed by atoms with E-state index in [1.165, 1.54) is 28.6 Å².